The monoisotopic (exact) mass is 559 g/mol. The molecule has 4 aromatic rings. The molecule has 0 unspecified atom stereocenters. The molecule has 0 radical (unpaired) electrons. The Hall–Kier alpha value is -3.95. The Morgan fingerprint density at radius 1 is 0.975 bits per heavy atom. The maximum absolute atomic E-state index is 13.9. The predicted octanol–water partition coefficient (Wildman–Crippen LogP) is 5.66. The van der Waals surface area contributed by atoms with Crippen molar-refractivity contribution in [2.45, 2.75) is 42.7 Å². The fourth-order valence-electron chi connectivity index (χ4n) is 5.47. The van der Waals surface area contributed by atoms with Gasteiger partial charge in [0.2, 0.25) is 15.9 Å². The summed E-state index contributed by atoms with van der Waals surface area (Å²) in [4.78, 5) is 19.8. The molecule has 0 aliphatic heterocycles. The van der Waals surface area contributed by atoms with Crippen LogP contribution in [0, 0.1) is 17.6 Å². The maximum Gasteiger partial charge on any atom is 0.241 e. The highest BCUT2D eigenvalue weighted by atomic mass is 32.2. The largest absolute Gasteiger partial charge is 0.308 e. The van der Waals surface area contributed by atoms with Crippen LogP contribution in [0.2, 0.25) is 0 Å². The third-order valence-corrected chi connectivity index (χ3v) is 9.16. The van der Waals surface area contributed by atoms with Gasteiger partial charge in [-0.15, -0.1) is 0 Å². The number of nitrogens with one attached hydrogen (secondary N) is 1. The fraction of sp³-hybridized carbons (Fsp3) is 0.226. The molecule has 2 aliphatic carbocycles. The average Bonchev–Trinajstić information content (AvgIpc) is 3.67. The van der Waals surface area contributed by atoms with Crippen LogP contribution in [-0.2, 0) is 27.8 Å². The molecule has 0 bridgehead atoms. The topological polar surface area (TPSA) is 79.4 Å². The van der Waals surface area contributed by atoms with Gasteiger partial charge in [0.1, 0.15) is 11.6 Å². The molecule has 1 fully saturated rings. The second-order valence-corrected chi connectivity index (χ2v) is 12.0. The van der Waals surface area contributed by atoms with Crippen molar-refractivity contribution in [1.29, 1.82) is 0 Å². The summed E-state index contributed by atoms with van der Waals surface area (Å²) in [6.45, 7) is 0.310. The van der Waals surface area contributed by atoms with Gasteiger partial charge in [0, 0.05) is 30.0 Å². The number of halogens is 2. The molecule has 40 heavy (non-hydrogen) atoms. The third-order valence-electron chi connectivity index (χ3n) is 7.68. The summed E-state index contributed by atoms with van der Waals surface area (Å²) in [5.74, 6) is -1.07. The van der Waals surface area contributed by atoms with Gasteiger partial charge in [-0.05, 0) is 102 Å². The van der Waals surface area contributed by atoms with Crippen molar-refractivity contribution in [2.75, 3.05) is 4.90 Å². The highest BCUT2D eigenvalue weighted by Crippen LogP contribution is 2.49. The molecule has 2 aliphatic rings. The lowest BCUT2D eigenvalue weighted by Gasteiger charge is -2.25. The maximum atomic E-state index is 13.9. The number of aryl methyl sites for hydroxylation is 1. The van der Waals surface area contributed by atoms with Crippen LogP contribution in [0.4, 0.5) is 14.5 Å². The van der Waals surface area contributed by atoms with Crippen LogP contribution < -0.4 is 9.62 Å². The molecule has 1 N–H and O–H groups in total. The summed E-state index contributed by atoms with van der Waals surface area (Å²) >= 11 is 0. The molecule has 1 saturated carbocycles. The van der Waals surface area contributed by atoms with E-state index in [1.165, 1.54) is 24.3 Å². The zero-order chi connectivity index (χ0) is 27.9. The Labute approximate surface area is 231 Å². The Morgan fingerprint density at radius 2 is 1.70 bits per heavy atom. The Kier molecular flexibility index (Phi) is 6.93. The number of carbonyl (C=O) groups excluding carboxylic acids is 1. The van der Waals surface area contributed by atoms with Crippen molar-refractivity contribution in [3.8, 4) is 0 Å². The molecule has 3 aromatic carbocycles. The molecule has 6 nitrogen and oxygen atoms in total. The number of carbonyl (C=O) groups is 1. The molecule has 0 saturated heterocycles. The highest BCUT2D eigenvalue weighted by molar-refractivity contribution is 7.89. The first-order chi connectivity index (χ1) is 19.3. The van der Waals surface area contributed by atoms with Crippen molar-refractivity contribution < 1.29 is 22.0 Å². The first-order valence-electron chi connectivity index (χ1n) is 13.1. The van der Waals surface area contributed by atoms with E-state index in [0.29, 0.717) is 31.5 Å². The number of fused-ring (bicyclic) bond motifs is 1. The second kappa shape index (κ2) is 10.6. The minimum atomic E-state index is -3.88. The van der Waals surface area contributed by atoms with Gasteiger partial charge < -0.3 is 4.90 Å². The lowest BCUT2D eigenvalue weighted by Crippen LogP contribution is -2.32. The number of hydrogen-bond donors (Lipinski definition) is 1. The molecule has 1 heterocycles. The lowest BCUT2D eigenvalue weighted by molar-refractivity contribution is -0.120. The molecule has 1 aromatic heterocycles. The number of pyridine rings is 1. The van der Waals surface area contributed by atoms with E-state index < -0.39 is 21.9 Å². The van der Waals surface area contributed by atoms with Gasteiger partial charge in [0.25, 0.3) is 0 Å². The van der Waals surface area contributed by atoms with E-state index in [2.05, 4.69) is 9.71 Å². The van der Waals surface area contributed by atoms with Crippen LogP contribution in [0.5, 0.6) is 0 Å². The van der Waals surface area contributed by atoms with Crippen molar-refractivity contribution in [3.63, 3.8) is 0 Å². The predicted molar refractivity (Wildman–Crippen MR) is 147 cm³/mol. The molecule has 6 rings (SSSR count). The number of nitrogens with zero attached hydrogens (tertiary/aromatic N) is 2. The van der Waals surface area contributed by atoms with Gasteiger partial charge in [0.05, 0.1) is 11.4 Å². The number of aromatic nitrogens is 1. The fourth-order valence-corrected chi connectivity index (χ4v) is 6.72. The smallest absolute Gasteiger partial charge is 0.241 e. The van der Waals surface area contributed by atoms with Crippen LogP contribution in [0.15, 0.2) is 96.2 Å². The first-order valence-corrected chi connectivity index (χ1v) is 14.6. The zero-order valence-corrected chi connectivity index (χ0v) is 22.3. The first kappa shape index (κ1) is 26.3. The zero-order valence-electron chi connectivity index (χ0n) is 21.5. The van der Waals surface area contributed by atoms with Crippen molar-refractivity contribution in [2.24, 2.45) is 5.92 Å². The van der Waals surface area contributed by atoms with Crippen LogP contribution >= 0.6 is 0 Å². The number of amides is 1. The number of sulfonamides is 1. The van der Waals surface area contributed by atoms with Gasteiger partial charge in [-0.2, -0.15) is 0 Å². The molecule has 9 heteroatoms. The SMILES string of the molecule is O=C([C@@H]1C[C@H]1c1ccc(F)cc1)N(Cc1cccnc1)c1ccc2c(c1)[C@H](NS(=O)(=O)c1ccc(F)cc1)CC2. The van der Waals surface area contributed by atoms with E-state index in [9.17, 15) is 22.0 Å². The van der Waals surface area contributed by atoms with Gasteiger partial charge in [-0.3, -0.25) is 9.78 Å². The minimum absolute atomic E-state index is 0.00699. The van der Waals surface area contributed by atoms with E-state index in [-0.39, 0.29) is 28.5 Å². The summed E-state index contributed by atoms with van der Waals surface area (Å²) in [7, 11) is -3.88. The van der Waals surface area contributed by atoms with Crippen LogP contribution in [-0.4, -0.2) is 19.3 Å². The molecule has 1 amide bonds. The van der Waals surface area contributed by atoms with E-state index in [4.69, 9.17) is 0 Å². The number of anilines is 1. The van der Waals surface area contributed by atoms with E-state index in [0.717, 1.165) is 34.4 Å². The summed E-state index contributed by atoms with van der Waals surface area (Å²) in [5, 5.41) is 0. The third kappa shape index (κ3) is 5.39. The molecule has 3 atom stereocenters. The van der Waals surface area contributed by atoms with Crippen LogP contribution in [0.3, 0.4) is 0 Å². The molecular weight excluding hydrogens is 532 g/mol. The highest BCUT2D eigenvalue weighted by Gasteiger charge is 2.46. The Bertz CT molecular complexity index is 1650. The minimum Gasteiger partial charge on any atom is -0.308 e. The van der Waals surface area contributed by atoms with Gasteiger partial charge in [-0.25, -0.2) is 21.9 Å². The summed E-state index contributed by atoms with van der Waals surface area (Å²) in [5.41, 5.74) is 4.30. The van der Waals surface area contributed by atoms with E-state index in [1.807, 2.05) is 30.3 Å². The van der Waals surface area contributed by atoms with Crippen LogP contribution in [0.25, 0.3) is 0 Å². The van der Waals surface area contributed by atoms with Gasteiger partial charge in [0.15, 0.2) is 0 Å². The van der Waals surface area contributed by atoms with E-state index >= 15 is 0 Å². The molecular formula is C31H27F2N3O3S. The van der Waals surface area contributed by atoms with Gasteiger partial charge in [-0.1, -0.05) is 24.3 Å². The quantitative estimate of drug-likeness (QED) is 0.302. The van der Waals surface area contributed by atoms with Crippen molar-refractivity contribution in [3.05, 3.63) is 125 Å². The standard InChI is InChI=1S/C31H27F2N3O3S/c32-23-7-3-21(4-8-23)27-17-29(27)31(37)36(19-20-2-1-15-34-18-20)25-11-5-22-6-14-30(28(22)16-25)35-40(38,39)26-12-9-24(33)10-13-26/h1-5,7-13,15-16,18,27,29-30,35H,6,14,17,19H2/t27-,29+,30+/m0/s1. The molecule has 0 spiro atoms. The number of benzene rings is 3. The average molecular weight is 560 g/mol. The second-order valence-electron chi connectivity index (χ2n) is 10.3. The summed E-state index contributed by atoms with van der Waals surface area (Å²) in [6, 6.07) is 20.0. The molecule has 204 valence electrons. The van der Waals surface area contributed by atoms with Crippen LogP contribution in [0.1, 0.15) is 47.1 Å². The van der Waals surface area contributed by atoms with Crippen molar-refractivity contribution >= 4 is 21.6 Å². The lowest BCUT2D eigenvalue weighted by atomic mass is 10.1. The number of rotatable bonds is 8. The van der Waals surface area contributed by atoms with E-state index in [1.54, 1.807) is 29.4 Å². The summed E-state index contributed by atoms with van der Waals surface area (Å²) in [6.07, 6.45) is 5.34. The number of hydrogen-bond acceptors (Lipinski definition) is 4. The van der Waals surface area contributed by atoms with Crippen molar-refractivity contribution in [1.82, 2.24) is 9.71 Å². The Balaban J connectivity index is 1.28. The normalized spacial score (nSPS) is 19.7. The summed E-state index contributed by atoms with van der Waals surface area (Å²) < 4.78 is 55.6. The van der Waals surface area contributed by atoms with Gasteiger partial charge >= 0.3 is 0 Å². The Morgan fingerprint density at radius 3 is 2.40 bits per heavy atom.